The van der Waals surface area contributed by atoms with Crippen molar-refractivity contribution in [1.29, 1.82) is 0 Å². The summed E-state index contributed by atoms with van der Waals surface area (Å²) in [5.74, 6) is 1.30. The molecule has 0 spiro atoms. The Labute approximate surface area is 107 Å². The van der Waals surface area contributed by atoms with E-state index in [1.165, 1.54) is 0 Å². The van der Waals surface area contributed by atoms with Crippen molar-refractivity contribution >= 4 is 17.5 Å². The molecular weight excluding hydrogens is 236 g/mol. The minimum absolute atomic E-state index is 0.0433. The molecular formula is C13H17ClN2O. The maximum absolute atomic E-state index is 12.2. The van der Waals surface area contributed by atoms with Crippen LogP contribution >= 0.6 is 11.6 Å². The molecule has 1 aliphatic rings. The molecule has 0 saturated carbocycles. The van der Waals surface area contributed by atoms with Crippen LogP contribution in [0.4, 0.5) is 0 Å². The quantitative estimate of drug-likeness (QED) is 0.758. The third-order valence-electron chi connectivity index (χ3n) is 3.23. The minimum atomic E-state index is 0.0433. The molecule has 2 rings (SSSR count). The lowest BCUT2D eigenvalue weighted by Gasteiger charge is -2.30. The predicted octanol–water partition coefficient (Wildman–Crippen LogP) is 2.48. The third kappa shape index (κ3) is 2.97. The topological polar surface area (TPSA) is 33.2 Å². The Kier molecular flexibility index (Phi) is 4.00. The van der Waals surface area contributed by atoms with Crippen LogP contribution in [0.3, 0.4) is 0 Å². The lowest BCUT2D eigenvalue weighted by atomic mass is 9.99. The molecule has 1 fully saturated rings. The smallest absolute Gasteiger partial charge is 0.272 e. The number of aromatic nitrogens is 1. The first-order chi connectivity index (χ1) is 8.20. The van der Waals surface area contributed by atoms with E-state index in [1.54, 1.807) is 6.07 Å². The molecule has 0 atom stereocenters. The second-order valence-electron chi connectivity index (χ2n) is 4.55. The van der Waals surface area contributed by atoms with Crippen molar-refractivity contribution in [2.45, 2.75) is 19.8 Å². The highest BCUT2D eigenvalue weighted by molar-refractivity contribution is 6.18. The van der Waals surface area contributed by atoms with Crippen LogP contribution in [0, 0.1) is 12.8 Å². The van der Waals surface area contributed by atoms with Crippen LogP contribution < -0.4 is 0 Å². The van der Waals surface area contributed by atoms with E-state index in [2.05, 4.69) is 4.98 Å². The summed E-state index contributed by atoms with van der Waals surface area (Å²) in [6.07, 6.45) is 2.00. The largest absolute Gasteiger partial charge is 0.337 e. The fourth-order valence-corrected chi connectivity index (χ4v) is 2.42. The van der Waals surface area contributed by atoms with Crippen LogP contribution in [0.25, 0.3) is 0 Å². The lowest BCUT2D eigenvalue weighted by Crippen LogP contribution is -2.39. The summed E-state index contributed by atoms with van der Waals surface area (Å²) >= 11 is 5.83. The number of rotatable bonds is 2. The summed E-state index contributed by atoms with van der Waals surface area (Å²) in [6.45, 7) is 3.49. The average molecular weight is 253 g/mol. The number of piperidine rings is 1. The third-order valence-corrected chi connectivity index (χ3v) is 3.66. The molecule has 1 aromatic heterocycles. The van der Waals surface area contributed by atoms with Gasteiger partial charge in [0.05, 0.1) is 0 Å². The van der Waals surface area contributed by atoms with Gasteiger partial charge in [-0.05, 0) is 37.8 Å². The average Bonchev–Trinajstić information content (AvgIpc) is 2.38. The number of hydrogen-bond donors (Lipinski definition) is 0. The van der Waals surface area contributed by atoms with E-state index < -0.39 is 0 Å². The summed E-state index contributed by atoms with van der Waals surface area (Å²) < 4.78 is 0. The van der Waals surface area contributed by atoms with Gasteiger partial charge >= 0.3 is 0 Å². The highest BCUT2D eigenvalue weighted by Gasteiger charge is 2.23. The van der Waals surface area contributed by atoms with E-state index in [0.717, 1.165) is 31.6 Å². The summed E-state index contributed by atoms with van der Waals surface area (Å²) in [5.41, 5.74) is 1.43. The number of halogens is 1. The molecule has 1 aliphatic heterocycles. The van der Waals surface area contributed by atoms with E-state index in [-0.39, 0.29) is 5.91 Å². The lowest BCUT2D eigenvalue weighted by molar-refractivity contribution is 0.0692. The summed E-state index contributed by atoms with van der Waals surface area (Å²) in [6, 6.07) is 5.56. The molecule has 1 aromatic rings. The van der Waals surface area contributed by atoms with Crippen LogP contribution in [-0.4, -0.2) is 34.8 Å². The van der Waals surface area contributed by atoms with Crippen molar-refractivity contribution in [3.8, 4) is 0 Å². The number of pyridine rings is 1. The molecule has 0 N–H and O–H groups in total. The number of likely N-dealkylation sites (tertiary alicyclic amines) is 1. The Hall–Kier alpha value is -1.09. The zero-order valence-electron chi connectivity index (χ0n) is 10.0. The first kappa shape index (κ1) is 12.4. The van der Waals surface area contributed by atoms with Gasteiger partial charge in [-0.15, -0.1) is 11.6 Å². The highest BCUT2D eigenvalue weighted by Crippen LogP contribution is 2.19. The second kappa shape index (κ2) is 5.50. The Morgan fingerprint density at radius 1 is 1.47 bits per heavy atom. The Morgan fingerprint density at radius 2 is 2.18 bits per heavy atom. The zero-order chi connectivity index (χ0) is 12.3. The molecule has 3 nitrogen and oxygen atoms in total. The number of nitrogens with zero attached hydrogens (tertiary/aromatic N) is 2. The molecule has 1 amide bonds. The summed E-state index contributed by atoms with van der Waals surface area (Å²) in [4.78, 5) is 18.3. The number of amides is 1. The molecule has 17 heavy (non-hydrogen) atoms. The van der Waals surface area contributed by atoms with Gasteiger partial charge in [0.25, 0.3) is 5.91 Å². The van der Waals surface area contributed by atoms with Crippen LogP contribution in [-0.2, 0) is 0 Å². The number of hydrogen-bond acceptors (Lipinski definition) is 2. The summed E-state index contributed by atoms with van der Waals surface area (Å²) in [7, 11) is 0. The van der Waals surface area contributed by atoms with Crippen molar-refractivity contribution in [3.05, 3.63) is 29.6 Å². The van der Waals surface area contributed by atoms with Gasteiger partial charge in [-0.25, -0.2) is 4.98 Å². The van der Waals surface area contributed by atoms with Gasteiger partial charge in [0.1, 0.15) is 5.69 Å². The second-order valence-corrected chi connectivity index (χ2v) is 4.86. The molecule has 0 radical (unpaired) electrons. The van der Waals surface area contributed by atoms with Crippen LogP contribution in [0.1, 0.15) is 29.0 Å². The number of alkyl halides is 1. The van der Waals surface area contributed by atoms with Gasteiger partial charge in [-0.2, -0.15) is 0 Å². The Balaban J connectivity index is 2.02. The van der Waals surface area contributed by atoms with Crippen molar-refractivity contribution < 1.29 is 4.79 Å². The Bertz CT molecular complexity index is 400. The van der Waals surface area contributed by atoms with Crippen molar-refractivity contribution in [2.24, 2.45) is 5.92 Å². The van der Waals surface area contributed by atoms with Crippen molar-refractivity contribution in [2.75, 3.05) is 19.0 Å². The van der Waals surface area contributed by atoms with Gasteiger partial charge in [-0.1, -0.05) is 6.07 Å². The van der Waals surface area contributed by atoms with Crippen molar-refractivity contribution in [1.82, 2.24) is 9.88 Å². The number of aryl methyl sites for hydroxylation is 1. The van der Waals surface area contributed by atoms with Crippen molar-refractivity contribution in [3.63, 3.8) is 0 Å². The van der Waals surface area contributed by atoms with E-state index in [9.17, 15) is 4.79 Å². The maximum atomic E-state index is 12.2. The van der Waals surface area contributed by atoms with Crippen LogP contribution in [0.2, 0.25) is 0 Å². The van der Waals surface area contributed by atoms with Crippen LogP contribution in [0.5, 0.6) is 0 Å². The van der Waals surface area contributed by atoms with E-state index >= 15 is 0 Å². The molecule has 0 aromatic carbocycles. The van der Waals surface area contributed by atoms with Gasteiger partial charge in [-0.3, -0.25) is 4.79 Å². The van der Waals surface area contributed by atoms with Gasteiger partial charge < -0.3 is 4.90 Å². The van der Waals surface area contributed by atoms with E-state index in [4.69, 9.17) is 11.6 Å². The maximum Gasteiger partial charge on any atom is 0.272 e. The van der Waals surface area contributed by atoms with Gasteiger partial charge in [0, 0.05) is 24.7 Å². The number of carbonyl (C=O) groups excluding carboxylic acids is 1. The van der Waals surface area contributed by atoms with Gasteiger partial charge in [0.2, 0.25) is 0 Å². The molecule has 1 saturated heterocycles. The predicted molar refractivity (Wildman–Crippen MR) is 68.3 cm³/mol. The first-order valence-corrected chi connectivity index (χ1v) is 6.53. The fourth-order valence-electron chi connectivity index (χ4n) is 2.11. The highest BCUT2D eigenvalue weighted by atomic mass is 35.5. The molecule has 2 heterocycles. The minimum Gasteiger partial charge on any atom is -0.337 e. The van der Waals surface area contributed by atoms with E-state index in [1.807, 2.05) is 24.0 Å². The molecule has 92 valence electrons. The van der Waals surface area contributed by atoms with Gasteiger partial charge in [0.15, 0.2) is 0 Å². The summed E-state index contributed by atoms with van der Waals surface area (Å²) in [5, 5.41) is 0. The van der Waals surface area contributed by atoms with Crippen LogP contribution in [0.15, 0.2) is 18.2 Å². The fraction of sp³-hybridized carbons (Fsp3) is 0.538. The molecule has 0 bridgehead atoms. The SMILES string of the molecule is Cc1cccc(C(=O)N2CCC(CCl)CC2)n1. The normalized spacial score (nSPS) is 17.2. The number of carbonyl (C=O) groups is 1. The standard InChI is InChI=1S/C13H17ClN2O/c1-10-3-2-4-12(15-10)13(17)16-7-5-11(9-14)6-8-16/h2-4,11H,5-9H2,1H3. The molecule has 0 unspecified atom stereocenters. The first-order valence-electron chi connectivity index (χ1n) is 5.99. The molecule has 0 aliphatic carbocycles. The monoisotopic (exact) mass is 252 g/mol. The molecule has 4 heteroatoms. The zero-order valence-corrected chi connectivity index (χ0v) is 10.8. The van der Waals surface area contributed by atoms with E-state index in [0.29, 0.717) is 17.5 Å². The Morgan fingerprint density at radius 3 is 2.76 bits per heavy atom.